The van der Waals surface area contributed by atoms with Crippen molar-refractivity contribution in [1.82, 2.24) is 4.90 Å². The lowest BCUT2D eigenvalue weighted by Gasteiger charge is -2.29. The van der Waals surface area contributed by atoms with Crippen LogP contribution in [0.1, 0.15) is 40.0 Å². The predicted octanol–water partition coefficient (Wildman–Crippen LogP) is 2.07. The molecule has 2 amide bonds. The minimum Gasteiger partial charge on any atom is -0.444 e. The van der Waals surface area contributed by atoms with Gasteiger partial charge in [-0.3, -0.25) is 4.79 Å². The van der Waals surface area contributed by atoms with Gasteiger partial charge < -0.3 is 15.4 Å². The number of hydrogen-bond acceptors (Lipinski definition) is 3. The SMILES string of the molecule is C=CC(N)=O.CC(C)(C)OC(=O)N1CCCCC1. The Morgan fingerprint density at radius 3 is 2.00 bits per heavy atom. The van der Waals surface area contributed by atoms with E-state index in [9.17, 15) is 9.59 Å². The molecule has 1 aliphatic rings. The quantitative estimate of drug-likeness (QED) is 0.730. The van der Waals surface area contributed by atoms with Gasteiger partial charge in [0.1, 0.15) is 5.60 Å². The normalized spacial score (nSPS) is 15.2. The fourth-order valence-corrected chi connectivity index (χ4v) is 1.40. The van der Waals surface area contributed by atoms with Crippen molar-refractivity contribution in [3.63, 3.8) is 0 Å². The van der Waals surface area contributed by atoms with Crippen LogP contribution in [0.15, 0.2) is 12.7 Å². The van der Waals surface area contributed by atoms with Gasteiger partial charge in [-0.1, -0.05) is 6.58 Å². The highest BCUT2D eigenvalue weighted by Crippen LogP contribution is 2.14. The highest BCUT2D eigenvalue weighted by Gasteiger charge is 2.22. The second kappa shape index (κ2) is 7.74. The van der Waals surface area contributed by atoms with E-state index in [0.29, 0.717) is 0 Å². The van der Waals surface area contributed by atoms with Gasteiger partial charge >= 0.3 is 6.09 Å². The van der Waals surface area contributed by atoms with Gasteiger partial charge in [0.05, 0.1) is 0 Å². The molecule has 5 heteroatoms. The topological polar surface area (TPSA) is 72.6 Å². The molecule has 18 heavy (non-hydrogen) atoms. The molecule has 0 aromatic heterocycles. The van der Waals surface area contributed by atoms with E-state index >= 15 is 0 Å². The summed E-state index contributed by atoms with van der Waals surface area (Å²) in [5.74, 6) is -0.481. The van der Waals surface area contributed by atoms with E-state index in [4.69, 9.17) is 4.74 Å². The summed E-state index contributed by atoms with van der Waals surface area (Å²) < 4.78 is 5.26. The third-order valence-electron chi connectivity index (χ3n) is 2.21. The van der Waals surface area contributed by atoms with Crippen molar-refractivity contribution in [1.29, 1.82) is 0 Å². The molecule has 0 saturated carbocycles. The molecule has 0 radical (unpaired) electrons. The number of hydrogen-bond donors (Lipinski definition) is 1. The number of amides is 2. The molecule has 1 saturated heterocycles. The molecule has 1 rings (SSSR count). The van der Waals surface area contributed by atoms with Gasteiger partial charge in [-0.25, -0.2) is 4.79 Å². The van der Waals surface area contributed by atoms with Gasteiger partial charge in [-0.05, 0) is 46.1 Å². The zero-order valence-corrected chi connectivity index (χ0v) is 11.6. The zero-order valence-electron chi connectivity index (χ0n) is 11.6. The zero-order chi connectivity index (χ0) is 14.2. The lowest BCUT2D eigenvalue weighted by Crippen LogP contribution is -2.39. The van der Waals surface area contributed by atoms with Crippen molar-refractivity contribution in [2.75, 3.05) is 13.1 Å². The van der Waals surface area contributed by atoms with Crippen LogP contribution >= 0.6 is 0 Å². The number of nitrogens with two attached hydrogens (primary N) is 1. The van der Waals surface area contributed by atoms with Crippen LogP contribution in [0.3, 0.4) is 0 Å². The lowest BCUT2D eigenvalue weighted by molar-refractivity contribution is -0.113. The fourth-order valence-electron chi connectivity index (χ4n) is 1.40. The van der Waals surface area contributed by atoms with E-state index in [1.165, 1.54) is 6.42 Å². The molecule has 0 bridgehead atoms. The first kappa shape index (κ1) is 16.5. The van der Waals surface area contributed by atoms with Gasteiger partial charge in [0.15, 0.2) is 0 Å². The van der Waals surface area contributed by atoms with Gasteiger partial charge in [0.2, 0.25) is 5.91 Å². The predicted molar refractivity (Wildman–Crippen MR) is 71.0 cm³/mol. The third-order valence-corrected chi connectivity index (χ3v) is 2.21. The van der Waals surface area contributed by atoms with E-state index in [0.717, 1.165) is 32.0 Å². The summed E-state index contributed by atoms with van der Waals surface area (Å²) >= 11 is 0. The van der Waals surface area contributed by atoms with E-state index in [2.05, 4.69) is 12.3 Å². The summed E-state index contributed by atoms with van der Waals surface area (Å²) in [6.07, 6.45) is 4.35. The van der Waals surface area contributed by atoms with E-state index in [1.807, 2.05) is 20.8 Å². The Balaban J connectivity index is 0.000000494. The first-order chi connectivity index (χ1) is 8.26. The van der Waals surface area contributed by atoms with Crippen molar-refractivity contribution < 1.29 is 14.3 Å². The van der Waals surface area contributed by atoms with Crippen LogP contribution in [0.4, 0.5) is 4.79 Å². The first-order valence-corrected chi connectivity index (χ1v) is 6.16. The Morgan fingerprint density at radius 2 is 1.67 bits per heavy atom. The van der Waals surface area contributed by atoms with Crippen LogP contribution in [-0.2, 0) is 9.53 Å². The second-order valence-electron chi connectivity index (χ2n) is 5.13. The molecule has 0 aliphatic carbocycles. The number of carbonyl (C=O) groups excluding carboxylic acids is 2. The molecular weight excluding hydrogens is 232 g/mol. The highest BCUT2D eigenvalue weighted by atomic mass is 16.6. The molecule has 5 nitrogen and oxygen atoms in total. The number of rotatable bonds is 1. The molecule has 104 valence electrons. The van der Waals surface area contributed by atoms with Crippen LogP contribution in [0.25, 0.3) is 0 Å². The molecule has 0 atom stereocenters. The molecule has 0 spiro atoms. The van der Waals surface area contributed by atoms with Crippen molar-refractivity contribution >= 4 is 12.0 Å². The molecule has 0 aromatic carbocycles. The summed E-state index contributed by atoms with van der Waals surface area (Å²) in [5.41, 5.74) is 4.17. The lowest BCUT2D eigenvalue weighted by atomic mass is 10.1. The van der Waals surface area contributed by atoms with Crippen LogP contribution in [-0.4, -0.2) is 35.6 Å². The Hall–Kier alpha value is -1.52. The maximum absolute atomic E-state index is 11.5. The average molecular weight is 256 g/mol. The van der Waals surface area contributed by atoms with Gasteiger partial charge in [-0.15, -0.1) is 0 Å². The Labute approximate surface area is 109 Å². The van der Waals surface area contributed by atoms with Gasteiger partial charge in [0, 0.05) is 13.1 Å². The molecule has 1 fully saturated rings. The summed E-state index contributed by atoms with van der Waals surface area (Å²) in [5, 5.41) is 0. The first-order valence-electron chi connectivity index (χ1n) is 6.16. The minimum absolute atomic E-state index is 0.160. The number of carbonyl (C=O) groups is 2. The van der Waals surface area contributed by atoms with E-state index < -0.39 is 5.91 Å². The molecule has 1 aliphatic heterocycles. The van der Waals surface area contributed by atoms with Crippen molar-refractivity contribution in [2.24, 2.45) is 5.73 Å². The molecular formula is C13H24N2O3. The number of primary amides is 1. The third kappa shape index (κ3) is 8.61. The smallest absolute Gasteiger partial charge is 0.410 e. The Morgan fingerprint density at radius 1 is 1.22 bits per heavy atom. The second-order valence-corrected chi connectivity index (χ2v) is 5.13. The maximum atomic E-state index is 11.5. The van der Waals surface area contributed by atoms with Crippen LogP contribution in [0, 0.1) is 0 Å². The van der Waals surface area contributed by atoms with Crippen LogP contribution in [0.2, 0.25) is 0 Å². The van der Waals surface area contributed by atoms with Crippen molar-refractivity contribution in [3.8, 4) is 0 Å². The van der Waals surface area contributed by atoms with E-state index in [-0.39, 0.29) is 11.7 Å². The summed E-state index contributed by atoms with van der Waals surface area (Å²) in [6.45, 7) is 10.5. The van der Waals surface area contributed by atoms with Crippen LogP contribution < -0.4 is 5.73 Å². The van der Waals surface area contributed by atoms with Crippen molar-refractivity contribution in [2.45, 2.75) is 45.6 Å². The minimum atomic E-state index is -0.481. The number of ether oxygens (including phenoxy) is 1. The molecule has 1 heterocycles. The average Bonchev–Trinajstić information content (AvgIpc) is 2.29. The largest absolute Gasteiger partial charge is 0.444 e. The molecule has 0 unspecified atom stereocenters. The van der Waals surface area contributed by atoms with Gasteiger partial charge in [-0.2, -0.15) is 0 Å². The van der Waals surface area contributed by atoms with Crippen LogP contribution in [0.5, 0.6) is 0 Å². The number of nitrogens with zero attached hydrogens (tertiary/aromatic N) is 1. The summed E-state index contributed by atoms with van der Waals surface area (Å²) in [4.78, 5) is 22.8. The summed E-state index contributed by atoms with van der Waals surface area (Å²) in [6, 6.07) is 0. The Kier molecular flexibility index (Phi) is 7.08. The molecule has 0 aromatic rings. The van der Waals surface area contributed by atoms with Gasteiger partial charge in [0.25, 0.3) is 0 Å². The summed E-state index contributed by atoms with van der Waals surface area (Å²) in [7, 11) is 0. The van der Waals surface area contributed by atoms with Crippen molar-refractivity contribution in [3.05, 3.63) is 12.7 Å². The number of piperidine rings is 1. The number of likely N-dealkylation sites (tertiary alicyclic amines) is 1. The maximum Gasteiger partial charge on any atom is 0.410 e. The molecule has 2 N–H and O–H groups in total. The monoisotopic (exact) mass is 256 g/mol. The standard InChI is InChI=1S/C10H19NO2.C3H5NO/c1-10(2,3)13-9(12)11-7-5-4-6-8-11;1-2-3(4)5/h4-8H2,1-3H3;2H,1H2,(H2,4,5). The Bertz CT molecular complexity index is 289. The fraction of sp³-hybridized carbons (Fsp3) is 0.692. The highest BCUT2D eigenvalue weighted by molar-refractivity contribution is 5.84. The van der Waals surface area contributed by atoms with E-state index in [1.54, 1.807) is 4.90 Å².